The van der Waals surface area contributed by atoms with Crippen molar-refractivity contribution in [2.45, 2.75) is 24.2 Å². The summed E-state index contributed by atoms with van der Waals surface area (Å²) in [6.07, 6.45) is 0.991. The SMILES string of the molecule is O=C(O)CNC(=O)CCCNS(=O)(=O)c1ccc2c(c1)OCCCO2. The molecule has 0 saturated heterocycles. The minimum Gasteiger partial charge on any atom is -0.490 e. The van der Waals surface area contributed by atoms with Crippen molar-refractivity contribution in [3.63, 3.8) is 0 Å². The molecule has 0 fully saturated rings. The normalized spacial score (nSPS) is 13.8. The fraction of sp³-hybridized carbons (Fsp3) is 0.467. The molecule has 0 unspecified atom stereocenters. The Labute approximate surface area is 145 Å². The molecular formula is C15H20N2O7S. The zero-order valence-electron chi connectivity index (χ0n) is 13.5. The Morgan fingerprint density at radius 3 is 2.60 bits per heavy atom. The van der Waals surface area contributed by atoms with Crippen LogP contribution >= 0.6 is 0 Å². The Balaban J connectivity index is 1.86. The second kappa shape index (κ2) is 8.67. The molecule has 0 saturated carbocycles. The van der Waals surface area contributed by atoms with Crippen LogP contribution in [0.25, 0.3) is 0 Å². The maximum atomic E-state index is 12.3. The molecule has 3 N–H and O–H groups in total. The molecule has 1 aromatic carbocycles. The number of nitrogens with one attached hydrogen (secondary N) is 2. The maximum absolute atomic E-state index is 12.3. The van der Waals surface area contributed by atoms with Crippen molar-refractivity contribution in [3.05, 3.63) is 18.2 Å². The molecule has 2 rings (SSSR count). The number of rotatable bonds is 8. The van der Waals surface area contributed by atoms with E-state index in [9.17, 15) is 18.0 Å². The van der Waals surface area contributed by atoms with Gasteiger partial charge in [-0.15, -0.1) is 0 Å². The predicted molar refractivity (Wildman–Crippen MR) is 87.1 cm³/mol. The molecule has 0 spiro atoms. The minimum atomic E-state index is -3.74. The Morgan fingerprint density at radius 2 is 1.88 bits per heavy atom. The number of ether oxygens (including phenoxy) is 2. The van der Waals surface area contributed by atoms with Crippen LogP contribution in [0.15, 0.2) is 23.1 Å². The number of benzene rings is 1. The van der Waals surface area contributed by atoms with Crippen molar-refractivity contribution < 1.29 is 32.6 Å². The molecule has 1 aliphatic rings. The summed E-state index contributed by atoms with van der Waals surface area (Å²) < 4.78 is 37.9. The molecule has 25 heavy (non-hydrogen) atoms. The first kappa shape index (κ1) is 19.0. The van der Waals surface area contributed by atoms with E-state index >= 15 is 0 Å². The highest BCUT2D eigenvalue weighted by molar-refractivity contribution is 7.89. The summed E-state index contributed by atoms with van der Waals surface area (Å²) in [4.78, 5) is 21.7. The first-order valence-electron chi connectivity index (χ1n) is 7.76. The first-order chi connectivity index (χ1) is 11.9. The standard InChI is InChI=1S/C15H20N2O7S/c18-14(16-10-15(19)20)3-1-6-17-25(21,22)11-4-5-12-13(9-11)24-8-2-7-23-12/h4-5,9,17H,1-3,6-8,10H2,(H,16,18)(H,19,20). The van der Waals surface area contributed by atoms with Gasteiger partial charge in [0.25, 0.3) is 0 Å². The van der Waals surface area contributed by atoms with Gasteiger partial charge in [0.2, 0.25) is 15.9 Å². The summed E-state index contributed by atoms with van der Waals surface area (Å²) in [6, 6.07) is 4.38. The number of carbonyl (C=O) groups is 2. The molecule has 1 heterocycles. The average Bonchev–Trinajstić information content (AvgIpc) is 2.81. The van der Waals surface area contributed by atoms with Gasteiger partial charge in [-0.25, -0.2) is 13.1 Å². The Morgan fingerprint density at radius 1 is 1.16 bits per heavy atom. The number of sulfonamides is 1. The summed E-state index contributed by atoms with van der Waals surface area (Å²) in [7, 11) is -3.74. The zero-order chi connectivity index (χ0) is 18.3. The molecule has 0 radical (unpaired) electrons. The Bertz CT molecular complexity index is 733. The van der Waals surface area contributed by atoms with E-state index in [0.29, 0.717) is 24.7 Å². The highest BCUT2D eigenvalue weighted by Crippen LogP contribution is 2.31. The van der Waals surface area contributed by atoms with E-state index in [1.807, 2.05) is 0 Å². The summed E-state index contributed by atoms with van der Waals surface area (Å²) in [6.45, 7) is 0.565. The van der Waals surface area contributed by atoms with Crippen LogP contribution in [-0.2, 0) is 19.6 Å². The smallest absolute Gasteiger partial charge is 0.322 e. The van der Waals surface area contributed by atoms with Crippen LogP contribution in [0.1, 0.15) is 19.3 Å². The number of carboxylic acid groups (broad SMARTS) is 1. The average molecular weight is 372 g/mol. The second-order valence-electron chi connectivity index (χ2n) is 5.33. The minimum absolute atomic E-state index is 0.0247. The lowest BCUT2D eigenvalue weighted by molar-refractivity contribution is -0.137. The largest absolute Gasteiger partial charge is 0.490 e. The fourth-order valence-electron chi connectivity index (χ4n) is 2.11. The number of hydrogen-bond donors (Lipinski definition) is 3. The molecule has 9 nitrogen and oxygen atoms in total. The van der Waals surface area contributed by atoms with Crippen LogP contribution < -0.4 is 19.5 Å². The number of carbonyl (C=O) groups excluding carboxylic acids is 1. The van der Waals surface area contributed by atoms with Crippen LogP contribution in [0.5, 0.6) is 11.5 Å². The Kier molecular flexibility index (Phi) is 6.59. The Hall–Kier alpha value is -2.33. The van der Waals surface area contributed by atoms with Gasteiger partial charge < -0.3 is 19.9 Å². The van der Waals surface area contributed by atoms with Crippen molar-refractivity contribution in [1.82, 2.24) is 10.0 Å². The third-order valence-corrected chi connectivity index (χ3v) is 4.80. The van der Waals surface area contributed by atoms with Gasteiger partial charge in [0.1, 0.15) is 6.54 Å². The maximum Gasteiger partial charge on any atom is 0.322 e. The summed E-state index contributed by atoms with van der Waals surface area (Å²) in [5, 5.41) is 10.6. The van der Waals surface area contributed by atoms with Crippen molar-refractivity contribution in [1.29, 1.82) is 0 Å². The van der Waals surface area contributed by atoms with E-state index < -0.39 is 28.4 Å². The van der Waals surface area contributed by atoms with Gasteiger partial charge in [-0.1, -0.05) is 0 Å². The molecule has 1 aliphatic heterocycles. The summed E-state index contributed by atoms with van der Waals surface area (Å²) >= 11 is 0. The number of fused-ring (bicyclic) bond motifs is 1. The lowest BCUT2D eigenvalue weighted by atomic mass is 10.3. The topological polar surface area (TPSA) is 131 Å². The highest BCUT2D eigenvalue weighted by Gasteiger charge is 2.18. The second-order valence-corrected chi connectivity index (χ2v) is 7.10. The molecule has 1 amide bonds. The van der Waals surface area contributed by atoms with Crippen molar-refractivity contribution in [2.75, 3.05) is 26.3 Å². The molecule has 0 aromatic heterocycles. The van der Waals surface area contributed by atoms with Crippen molar-refractivity contribution in [2.24, 2.45) is 0 Å². The molecule has 138 valence electrons. The fourth-order valence-corrected chi connectivity index (χ4v) is 3.20. The molecule has 1 aromatic rings. The van der Waals surface area contributed by atoms with Crippen LogP contribution in [-0.4, -0.2) is 51.7 Å². The van der Waals surface area contributed by atoms with Crippen molar-refractivity contribution >= 4 is 21.9 Å². The molecule has 0 bridgehead atoms. The quantitative estimate of drug-likeness (QED) is 0.552. The zero-order valence-corrected chi connectivity index (χ0v) is 14.3. The van der Waals surface area contributed by atoms with Gasteiger partial charge in [-0.05, 0) is 18.6 Å². The number of aliphatic carboxylic acids is 1. The molecule has 10 heteroatoms. The van der Waals surface area contributed by atoms with Crippen molar-refractivity contribution in [3.8, 4) is 11.5 Å². The van der Waals surface area contributed by atoms with E-state index in [1.165, 1.54) is 12.1 Å². The molecule has 0 aliphatic carbocycles. The lowest BCUT2D eigenvalue weighted by Crippen LogP contribution is -2.30. The highest BCUT2D eigenvalue weighted by atomic mass is 32.2. The lowest BCUT2D eigenvalue weighted by Gasteiger charge is -2.11. The number of amides is 1. The van der Waals surface area contributed by atoms with Crippen LogP contribution in [0.4, 0.5) is 0 Å². The van der Waals surface area contributed by atoms with Gasteiger partial charge in [-0.2, -0.15) is 0 Å². The third kappa shape index (κ3) is 5.91. The molecule has 0 atom stereocenters. The monoisotopic (exact) mass is 372 g/mol. The number of hydrogen-bond acceptors (Lipinski definition) is 6. The van der Waals surface area contributed by atoms with Gasteiger partial charge in [0, 0.05) is 25.5 Å². The summed E-state index contributed by atoms with van der Waals surface area (Å²) in [5.41, 5.74) is 0. The van der Waals surface area contributed by atoms with E-state index in [-0.39, 0.29) is 24.3 Å². The van der Waals surface area contributed by atoms with Crippen LogP contribution in [0.3, 0.4) is 0 Å². The van der Waals surface area contributed by atoms with Gasteiger partial charge >= 0.3 is 5.97 Å². The molecular weight excluding hydrogens is 352 g/mol. The predicted octanol–water partition coefficient (Wildman–Crippen LogP) is 0.107. The van der Waals surface area contributed by atoms with E-state index in [1.54, 1.807) is 6.07 Å². The first-order valence-corrected chi connectivity index (χ1v) is 9.24. The van der Waals surface area contributed by atoms with Gasteiger partial charge in [-0.3, -0.25) is 9.59 Å². The van der Waals surface area contributed by atoms with Gasteiger partial charge in [0.05, 0.1) is 18.1 Å². The number of carboxylic acids is 1. The van der Waals surface area contributed by atoms with E-state index in [4.69, 9.17) is 14.6 Å². The third-order valence-electron chi connectivity index (χ3n) is 3.34. The van der Waals surface area contributed by atoms with Gasteiger partial charge in [0.15, 0.2) is 11.5 Å². The van der Waals surface area contributed by atoms with Crippen LogP contribution in [0, 0.1) is 0 Å². The van der Waals surface area contributed by atoms with E-state index in [0.717, 1.165) is 6.42 Å². The summed E-state index contributed by atoms with van der Waals surface area (Å²) in [5.74, 6) is -0.694. The van der Waals surface area contributed by atoms with E-state index in [2.05, 4.69) is 10.0 Å². The van der Waals surface area contributed by atoms with Crippen LogP contribution in [0.2, 0.25) is 0 Å².